The molecule has 0 saturated carbocycles. The van der Waals surface area contributed by atoms with Gasteiger partial charge in [-0.15, -0.1) is 0 Å². The zero-order valence-electron chi connectivity index (χ0n) is 6.08. The summed E-state index contributed by atoms with van der Waals surface area (Å²) in [5.41, 5.74) is 0. The number of sulfone groups is 1. The third kappa shape index (κ3) is 0.733. The van der Waals surface area contributed by atoms with Crippen LogP contribution in [0, 0.1) is 0 Å². The molecule has 1 unspecified atom stereocenters. The molecule has 0 aromatic heterocycles. The highest BCUT2D eigenvalue weighted by molar-refractivity contribution is 7.93. The van der Waals surface area contributed by atoms with Gasteiger partial charge in [0.15, 0.2) is 9.84 Å². The minimum Gasteiger partial charge on any atom is -0.391 e. The van der Waals surface area contributed by atoms with E-state index in [0.29, 0.717) is 19.5 Å². The molecule has 2 saturated heterocycles. The molecule has 2 fully saturated rings. The maximum absolute atomic E-state index is 11.4. The fourth-order valence-electron chi connectivity index (χ4n) is 1.77. The Hall–Kier alpha value is -0.130. The predicted molar refractivity (Wildman–Crippen MR) is 40.0 cm³/mol. The first-order chi connectivity index (χ1) is 5.08. The number of aliphatic hydroxyl groups excluding tert-OH is 1. The molecule has 1 atom stereocenters. The Morgan fingerprint density at radius 1 is 1.45 bits per heavy atom. The zero-order chi connectivity index (χ0) is 8.11. The molecule has 2 aliphatic rings. The van der Waals surface area contributed by atoms with Crippen molar-refractivity contribution in [2.75, 3.05) is 18.8 Å². The van der Waals surface area contributed by atoms with Gasteiger partial charge in [-0.25, -0.2) is 8.42 Å². The van der Waals surface area contributed by atoms with Gasteiger partial charge in [0.05, 0.1) is 11.9 Å². The maximum atomic E-state index is 11.4. The third-order valence-corrected chi connectivity index (χ3v) is 5.31. The van der Waals surface area contributed by atoms with Gasteiger partial charge in [-0.2, -0.15) is 0 Å². The molecule has 2 aliphatic heterocycles. The van der Waals surface area contributed by atoms with Crippen molar-refractivity contribution in [1.29, 1.82) is 0 Å². The number of rotatable bonds is 0. The van der Waals surface area contributed by atoms with Crippen LogP contribution in [0.3, 0.4) is 0 Å². The summed E-state index contributed by atoms with van der Waals surface area (Å²) >= 11 is 0. The second-order valence-electron chi connectivity index (χ2n) is 3.29. The van der Waals surface area contributed by atoms with Gasteiger partial charge in [-0.05, 0) is 6.42 Å². The monoisotopic (exact) mass is 177 g/mol. The summed E-state index contributed by atoms with van der Waals surface area (Å²) in [5.74, 6) is 0.149. The van der Waals surface area contributed by atoms with Crippen LogP contribution in [0.25, 0.3) is 0 Å². The lowest BCUT2D eigenvalue weighted by molar-refractivity contribution is 0.103. The molecule has 0 radical (unpaired) electrons. The summed E-state index contributed by atoms with van der Waals surface area (Å²) in [5, 5.41) is 12.3. The van der Waals surface area contributed by atoms with Crippen molar-refractivity contribution in [3.63, 3.8) is 0 Å². The lowest BCUT2D eigenvalue weighted by Crippen LogP contribution is -2.67. The lowest BCUT2D eigenvalue weighted by atomic mass is 9.94. The predicted octanol–water partition coefficient (Wildman–Crippen LogP) is -1.49. The molecule has 5 heteroatoms. The van der Waals surface area contributed by atoms with Crippen LogP contribution < -0.4 is 5.32 Å². The molecule has 2 heterocycles. The first-order valence-electron chi connectivity index (χ1n) is 3.70. The van der Waals surface area contributed by atoms with E-state index in [2.05, 4.69) is 5.32 Å². The van der Waals surface area contributed by atoms with Crippen LogP contribution in [-0.4, -0.2) is 43.2 Å². The van der Waals surface area contributed by atoms with Crippen LogP contribution in [0.4, 0.5) is 0 Å². The van der Waals surface area contributed by atoms with Crippen LogP contribution in [0.5, 0.6) is 0 Å². The van der Waals surface area contributed by atoms with Gasteiger partial charge in [0.25, 0.3) is 0 Å². The van der Waals surface area contributed by atoms with Crippen molar-refractivity contribution in [3.8, 4) is 0 Å². The van der Waals surface area contributed by atoms with Gasteiger partial charge in [0.1, 0.15) is 4.75 Å². The lowest BCUT2D eigenvalue weighted by Gasteiger charge is -2.40. The molecule has 0 amide bonds. The van der Waals surface area contributed by atoms with Gasteiger partial charge in [0, 0.05) is 13.1 Å². The Balaban J connectivity index is 2.41. The van der Waals surface area contributed by atoms with Crippen LogP contribution in [0.2, 0.25) is 0 Å². The van der Waals surface area contributed by atoms with E-state index in [-0.39, 0.29) is 5.75 Å². The van der Waals surface area contributed by atoms with Gasteiger partial charge in [-0.3, -0.25) is 0 Å². The molecule has 0 aliphatic carbocycles. The van der Waals surface area contributed by atoms with E-state index in [0.717, 1.165) is 0 Å². The summed E-state index contributed by atoms with van der Waals surface area (Å²) in [7, 11) is -3.01. The van der Waals surface area contributed by atoms with E-state index in [1.807, 2.05) is 0 Å². The first kappa shape index (κ1) is 7.52. The highest BCUT2D eigenvalue weighted by Gasteiger charge is 2.58. The van der Waals surface area contributed by atoms with Crippen molar-refractivity contribution in [2.24, 2.45) is 0 Å². The minimum absolute atomic E-state index is 0.149. The summed E-state index contributed by atoms with van der Waals surface area (Å²) < 4.78 is 21.9. The van der Waals surface area contributed by atoms with Crippen LogP contribution in [0.1, 0.15) is 6.42 Å². The highest BCUT2D eigenvalue weighted by Crippen LogP contribution is 2.35. The van der Waals surface area contributed by atoms with Gasteiger partial charge in [-0.1, -0.05) is 0 Å². The van der Waals surface area contributed by atoms with Crippen molar-refractivity contribution >= 4 is 9.84 Å². The second-order valence-corrected chi connectivity index (χ2v) is 5.74. The quantitative estimate of drug-likeness (QED) is 0.473. The zero-order valence-corrected chi connectivity index (χ0v) is 6.89. The maximum Gasteiger partial charge on any atom is 0.161 e. The largest absolute Gasteiger partial charge is 0.391 e. The second kappa shape index (κ2) is 1.97. The van der Waals surface area contributed by atoms with Crippen LogP contribution >= 0.6 is 0 Å². The Morgan fingerprint density at radius 3 is 2.27 bits per heavy atom. The van der Waals surface area contributed by atoms with E-state index < -0.39 is 20.7 Å². The average molecular weight is 177 g/mol. The Labute approximate surface area is 65.5 Å². The number of hydrogen-bond acceptors (Lipinski definition) is 4. The fraction of sp³-hybridized carbons (Fsp3) is 1.00. The normalized spacial score (nSPS) is 38.8. The molecule has 11 heavy (non-hydrogen) atoms. The van der Waals surface area contributed by atoms with Crippen LogP contribution in [0.15, 0.2) is 0 Å². The highest BCUT2D eigenvalue weighted by atomic mass is 32.2. The van der Waals surface area contributed by atoms with E-state index in [1.165, 1.54) is 0 Å². The third-order valence-electron chi connectivity index (χ3n) is 2.74. The van der Waals surface area contributed by atoms with E-state index in [4.69, 9.17) is 0 Å². The van der Waals surface area contributed by atoms with E-state index in [9.17, 15) is 13.5 Å². The summed E-state index contributed by atoms with van der Waals surface area (Å²) in [6.45, 7) is 0.854. The molecule has 0 aromatic carbocycles. The Bertz CT molecular complexity index is 268. The molecule has 2 rings (SSSR count). The molecule has 64 valence electrons. The van der Waals surface area contributed by atoms with Gasteiger partial charge in [0.2, 0.25) is 0 Å². The van der Waals surface area contributed by atoms with Crippen molar-refractivity contribution in [1.82, 2.24) is 5.32 Å². The molecule has 1 spiro atoms. The number of nitrogens with one attached hydrogen (secondary N) is 1. The van der Waals surface area contributed by atoms with E-state index in [1.54, 1.807) is 0 Å². The van der Waals surface area contributed by atoms with Crippen molar-refractivity contribution < 1.29 is 13.5 Å². The van der Waals surface area contributed by atoms with Crippen molar-refractivity contribution in [3.05, 3.63) is 0 Å². The first-order valence-corrected chi connectivity index (χ1v) is 5.35. The molecule has 0 aromatic rings. The smallest absolute Gasteiger partial charge is 0.161 e. The minimum atomic E-state index is -3.01. The summed E-state index contributed by atoms with van der Waals surface area (Å²) in [6.07, 6.45) is -0.238. The molecule has 0 bridgehead atoms. The van der Waals surface area contributed by atoms with Gasteiger partial charge >= 0.3 is 0 Å². The number of aliphatic hydroxyl groups is 1. The molecule has 4 nitrogen and oxygen atoms in total. The standard InChI is InChI=1S/C6H11NO3S/c8-5-1-2-11(9,10)6(5)3-7-4-6/h5,7-8H,1-4H2. The fourth-order valence-corrected chi connectivity index (χ4v) is 3.88. The van der Waals surface area contributed by atoms with Crippen molar-refractivity contribution in [2.45, 2.75) is 17.3 Å². The van der Waals surface area contributed by atoms with Crippen LogP contribution in [-0.2, 0) is 9.84 Å². The topological polar surface area (TPSA) is 66.4 Å². The Kier molecular flexibility index (Phi) is 1.34. The SMILES string of the molecule is O=S1(=O)CCC(O)C12CNC2. The Morgan fingerprint density at radius 2 is 2.09 bits per heavy atom. The summed E-state index contributed by atoms with van der Waals surface area (Å²) in [6, 6.07) is 0. The van der Waals surface area contributed by atoms with E-state index >= 15 is 0 Å². The molecular weight excluding hydrogens is 166 g/mol. The molecular formula is C6H11NO3S. The number of hydrogen-bond donors (Lipinski definition) is 2. The molecule has 2 N–H and O–H groups in total. The average Bonchev–Trinajstić information content (AvgIpc) is 2.01. The van der Waals surface area contributed by atoms with Gasteiger partial charge < -0.3 is 10.4 Å². The summed E-state index contributed by atoms with van der Waals surface area (Å²) in [4.78, 5) is 0.